The summed E-state index contributed by atoms with van der Waals surface area (Å²) in [5.41, 5.74) is 0.217. The Morgan fingerprint density at radius 3 is 2.32 bits per heavy atom. The molecular formula is C22H23O5P. The summed E-state index contributed by atoms with van der Waals surface area (Å²) in [6.07, 6.45) is -0.445. The molecule has 0 radical (unpaired) electrons. The third kappa shape index (κ3) is 4.33. The number of carbonyl (C=O) groups is 1. The van der Waals surface area contributed by atoms with Gasteiger partial charge in [-0.1, -0.05) is 86.1 Å². The molecular weight excluding hydrogens is 375 g/mol. The summed E-state index contributed by atoms with van der Waals surface area (Å²) in [5.74, 6) is -1.30. The fourth-order valence-corrected chi connectivity index (χ4v) is 5.23. The van der Waals surface area contributed by atoms with Gasteiger partial charge in [-0.2, -0.15) is 0 Å². The van der Waals surface area contributed by atoms with E-state index in [2.05, 4.69) is 0 Å². The number of fused-ring (bicyclic) bond motifs is 1. The Hall–Kier alpha value is -2.46. The van der Waals surface area contributed by atoms with E-state index in [-0.39, 0.29) is 0 Å². The molecule has 0 saturated carbocycles. The number of carboxylic acid groups (broad SMARTS) is 1. The second-order valence-corrected chi connectivity index (χ2v) is 8.63. The second-order valence-electron chi connectivity index (χ2n) is 6.67. The van der Waals surface area contributed by atoms with Crippen LogP contribution in [0, 0.1) is 0 Å². The lowest BCUT2D eigenvalue weighted by Gasteiger charge is -2.26. The molecule has 5 nitrogen and oxygen atoms in total. The molecule has 3 rings (SSSR count). The molecule has 0 bridgehead atoms. The van der Waals surface area contributed by atoms with Gasteiger partial charge in [-0.15, -0.1) is 0 Å². The highest BCUT2D eigenvalue weighted by Crippen LogP contribution is 2.61. The summed E-state index contributed by atoms with van der Waals surface area (Å²) in [6, 6.07) is 21.5. The smallest absolute Gasteiger partial charge is 0.338 e. The predicted molar refractivity (Wildman–Crippen MR) is 109 cm³/mol. The average Bonchev–Trinajstić information content (AvgIpc) is 2.70. The lowest BCUT2D eigenvalue weighted by atomic mass is 10.00. The topological polar surface area (TPSA) is 83.8 Å². The highest BCUT2D eigenvalue weighted by atomic mass is 31.2. The van der Waals surface area contributed by atoms with Crippen molar-refractivity contribution in [2.24, 2.45) is 0 Å². The van der Waals surface area contributed by atoms with E-state index in [1.165, 1.54) is 0 Å². The molecule has 0 fully saturated rings. The molecule has 0 saturated heterocycles. The monoisotopic (exact) mass is 398 g/mol. The summed E-state index contributed by atoms with van der Waals surface area (Å²) in [6.45, 7) is 1.92. The van der Waals surface area contributed by atoms with Gasteiger partial charge in [0.05, 0.1) is 5.66 Å². The van der Waals surface area contributed by atoms with Crippen LogP contribution in [0.2, 0.25) is 0 Å². The minimum Gasteiger partial charge on any atom is -0.479 e. The molecule has 3 unspecified atom stereocenters. The van der Waals surface area contributed by atoms with Crippen molar-refractivity contribution in [1.29, 1.82) is 0 Å². The summed E-state index contributed by atoms with van der Waals surface area (Å²) in [5, 5.41) is 11.4. The van der Waals surface area contributed by atoms with Crippen LogP contribution in [0.4, 0.5) is 0 Å². The molecule has 0 aromatic heterocycles. The van der Waals surface area contributed by atoms with Crippen LogP contribution >= 0.6 is 7.60 Å². The molecule has 3 aromatic rings. The highest BCUT2D eigenvalue weighted by molar-refractivity contribution is 7.53. The van der Waals surface area contributed by atoms with E-state index in [1.54, 1.807) is 30.3 Å². The standard InChI is InChI=1S/C22H23O5P/c1-2-9-20(19-15-8-13-16-10-6-7-14-18(16)19)28(25,26)27-21(22(23)24)17-11-4-3-5-12-17/h3-8,10-15,20-21H,2,9H2,1H3,(H,23,24)(H,25,26). The lowest BCUT2D eigenvalue weighted by Crippen LogP contribution is -2.16. The van der Waals surface area contributed by atoms with Crippen LogP contribution in [0.5, 0.6) is 0 Å². The average molecular weight is 398 g/mol. The van der Waals surface area contributed by atoms with Gasteiger partial charge in [0.25, 0.3) is 0 Å². The Balaban J connectivity index is 2.02. The van der Waals surface area contributed by atoms with Crippen LogP contribution in [-0.2, 0) is 13.9 Å². The number of benzene rings is 3. The molecule has 3 aromatic carbocycles. The summed E-state index contributed by atoms with van der Waals surface area (Å²) in [7, 11) is -4.30. The van der Waals surface area contributed by atoms with Gasteiger partial charge in [0.15, 0.2) is 6.10 Å². The first kappa shape index (κ1) is 20.3. The van der Waals surface area contributed by atoms with Crippen molar-refractivity contribution in [3.63, 3.8) is 0 Å². The molecule has 0 aliphatic carbocycles. The molecule has 0 heterocycles. The Labute approximate surface area is 164 Å². The van der Waals surface area contributed by atoms with E-state index < -0.39 is 25.3 Å². The molecule has 28 heavy (non-hydrogen) atoms. The largest absolute Gasteiger partial charge is 0.479 e. The fraction of sp³-hybridized carbons (Fsp3) is 0.227. The quantitative estimate of drug-likeness (QED) is 0.475. The van der Waals surface area contributed by atoms with E-state index >= 15 is 0 Å². The maximum Gasteiger partial charge on any atom is 0.338 e. The molecule has 3 atom stereocenters. The number of rotatable bonds is 8. The minimum absolute atomic E-state index is 0.331. The van der Waals surface area contributed by atoms with Crippen molar-refractivity contribution in [1.82, 2.24) is 0 Å². The maximum atomic E-state index is 13.3. The molecule has 146 valence electrons. The Morgan fingerprint density at radius 2 is 1.64 bits per heavy atom. The van der Waals surface area contributed by atoms with Gasteiger partial charge in [0.2, 0.25) is 0 Å². The molecule has 0 aliphatic heterocycles. The van der Waals surface area contributed by atoms with Crippen LogP contribution in [-0.4, -0.2) is 16.0 Å². The van der Waals surface area contributed by atoms with E-state index in [4.69, 9.17) is 4.52 Å². The van der Waals surface area contributed by atoms with E-state index in [1.807, 2.05) is 49.4 Å². The number of hydrogen-bond acceptors (Lipinski definition) is 3. The predicted octanol–water partition coefficient (Wildman–Crippen LogP) is 5.71. The van der Waals surface area contributed by atoms with Crippen molar-refractivity contribution in [3.05, 3.63) is 83.9 Å². The first-order valence-corrected chi connectivity index (χ1v) is 10.8. The molecule has 6 heteroatoms. The minimum atomic E-state index is -4.30. The number of aliphatic carboxylic acids is 1. The van der Waals surface area contributed by atoms with Gasteiger partial charge in [-0.3, -0.25) is 9.09 Å². The molecule has 0 spiro atoms. The lowest BCUT2D eigenvalue weighted by molar-refractivity contribution is -0.145. The van der Waals surface area contributed by atoms with Gasteiger partial charge in [-0.25, -0.2) is 4.79 Å². The third-order valence-corrected chi connectivity index (χ3v) is 6.56. The zero-order valence-corrected chi connectivity index (χ0v) is 16.5. The Kier molecular flexibility index (Phi) is 6.30. The van der Waals surface area contributed by atoms with Crippen LogP contribution in [0.25, 0.3) is 10.8 Å². The maximum absolute atomic E-state index is 13.3. The summed E-state index contributed by atoms with van der Waals surface area (Å²) < 4.78 is 18.7. The third-order valence-electron chi connectivity index (χ3n) is 4.72. The van der Waals surface area contributed by atoms with Crippen molar-refractivity contribution in [2.75, 3.05) is 0 Å². The van der Waals surface area contributed by atoms with E-state index in [0.717, 1.165) is 10.8 Å². The zero-order valence-electron chi connectivity index (χ0n) is 15.6. The Bertz CT molecular complexity index is 997. The van der Waals surface area contributed by atoms with Crippen molar-refractivity contribution < 1.29 is 23.9 Å². The van der Waals surface area contributed by atoms with E-state index in [0.29, 0.717) is 24.0 Å². The van der Waals surface area contributed by atoms with Crippen molar-refractivity contribution >= 4 is 24.3 Å². The summed E-state index contributed by atoms with van der Waals surface area (Å²) in [4.78, 5) is 22.6. The van der Waals surface area contributed by atoms with Crippen molar-refractivity contribution in [3.8, 4) is 0 Å². The van der Waals surface area contributed by atoms with Crippen LogP contribution in [0.3, 0.4) is 0 Å². The van der Waals surface area contributed by atoms with E-state index in [9.17, 15) is 19.4 Å². The summed E-state index contributed by atoms with van der Waals surface area (Å²) >= 11 is 0. The van der Waals surface area contributed by atoms with Gasteiger partial charge in [0.1, 0.15) is 0 Å². The number of hydrogen-bond donors (Lipinski definition) is 2. The van der Waals surface area contributed by atoms with Crippen molar-refractivity contribution in [2.45, 2.75) is 31.5 Å². The normalized spacial score (nSPS) is 15.6. The van der Waals surface area contributed by atoms with Gasteiger partial charge in [0, 0.05) is 0 Å². The second kappa shape index (κ2) is 8.70. The fourth-order valence-electron chi connectivity index (χ4n) is 3.41. The zero-order chi connectivity index (χ0) is 20.1. The first-order chi connectivity index (χ1) is 13.4. The van der Waals surface area contributed by atoms with Crippen LogP contribution < -0.4 is 0 Å². The molecule has 2 N–H and O–H groups in total. The SMILES string of the molecule is CCCC(c1cccc2ccccc12)P(=O)(O)OC(C(=O)O)c1ccccc1. The molecule has 0 aliphatic rings. The highest BCUT2D eigenvalue weighted by Gasteiger charge is 2.39. The van der Waals surface area contributed by atoms with Gasteiger partial charge >= 0.3 is 13.6 Å². The Morgan fingerprint density at radius 1 is 1.00 bits per heavy atom. The van der Waals surface area contributed by atoms with Gasteiger partial charge in [-0.05, 0) is 28.3 Å². The molecule has 0 amide bonds. The van der Waals surface area contributed by atoms with Crippen LogP contribution in [0.1, 0.15) is 42.7 Å². The first-order valence-electron chi connectivity index (χ1n) is 9.20. The van der Waals surface area contributed by atoms with Gasteiger partial charge < -0.3 is 10.00 Å². The number of carboxylic acids is 1. The van der Waals surface area contributed by atoms with Crippen LogP contribution in [0.15, 0.2) is 72.8 Å².